The predicted molar refractivity (Wildman–Crippen MR) is 73.9 cm³/mol. The summed E-state index contributed by atoms with van der Waals surface area (Å²) >= 11 is 0. The molecule has 1 nitrogen and oxygen atoms in total. The van der Waals surface area contributed by atoms with E-state index in [4.69, 9.17) is 0 Å². The van der Waals surface area contributed by atoms with Crippen LogP contribution in [0.3, 0.4) is 0 Å². The zero-order valence-corrected chi connectivity index (χ0v) is 11.9. The van der Waals surface area contributed by atoms with Crippen molar-refractivity contribution in [1.82, 2.24) is 0 Å². The molecule has 0 aromatic carbocycles. The molecule has 0 aliphatic heterocycles. The number of aldehydes is 1. The summed E-state index contributed by atoms with van der Waals surface area (Å²) in [6.07, 6.45) is 9.21. The summed E-state index contributed by atoms with van der Waals surface area (Å²) in [5, 5.41) is 0. The molecule has 1 aliphatic rings. The van der Waals surface area contributed by atoms with Gasteiger partial charge in [0.05, 0.1) is 0 Å². The maximum atomic E-state index is 10.4. The fraction of sp³-hybridized carbons (Fsp3) is 0.812. The molecule has 0 heterocycles. The zero-order valence-electron chi connectivity index (χ0n) is 11.9. The van der Waals surface area contributed by atoms with Crippen molar-refractivity contribution in [3.63, 3.8) is 0 Å². The number of rotatable bonds is 5. The third-order valence-corrected chi connectivity index (χ3v) is 4.07. The van der Waals surface area contributed by atoms with Crippen molar-refractivity contribution in [2.75, 3.05) is 0 Å². The van der Waals surface area contributed by atoms with E-state index in [1.807, 2.05) is 0 Å². The molecule has 1 heteroatoms. The monoisotopic (exact) mass is 236 g/mol. The van der Waals surface area contributed by atoms with Crippen LogP contribution in [-0.2, 0) is 4.79 Å². The quantitative estimate of drug-likeness (QED) is 0.503. The van der Waals surface area contributed by atoms with Crippen LogP contribution in [-0.4, -0.2) is 6.29 Å². The van der Waals surface area contributed by atoms with Gasteiger partial charge < -0.3 is 4.79 Å². The minimum atomic E-state index is 0.557. The van der Waals surface area contributed by atoms with Crippen molar-refractivity contribution < 1.29 is 4.79 Å². The summed E-state index contributed by atoms with van der Waals surface area (Å²) in [5.41, 5.74) is 1.66. The van der Waals surface area contributed by atoms with Crippen LogP contribution in [0.1, 0.15) is 59.8 Å². The lowest BCUT2D eigenvalue weighted by Gasteiger charge is -2.33. The Kier molecular flexibility index (Phi) is 5.94. The summed E-state index contributed by atoms with van der Waals surface area (Å²) in [5.74, 6) is 2.94. The minimum absolute atomic E-state index is 0.557. The van der Waals surface area contributed by atoms with E-state index in [1.54, 1.807) is 5.57 Å². The van der Waals surface area contributed by atoms with E-state index >= 15 is 0 Å². The standard InChI is InChI=1S/C16H28O/c1-12(2)16-8-7-14(4)11-15(16)10-13(3)6-5-9-17/h9-10,12-14,16H,5-8,11H2,1-4H3/b15-10+/t13-,14+,16-/m0/s1. The molecule has 0 spiro atoms. The van der Waals surface area contributed by atoms with Gasteiger partial charge in [0.1, 0.15) is 6.29 Å². The van der Waals surface area contributed by atoms with Crippen LogP contribution in [0.25, 0.3) is 0 Å². The SMILES string of the molecule is CC(C)[C@@H]1CC[C@@H](C)C/C1=C\[C@@H](C)CCC=O. The first-order chi connectivity index (χ1) is 8.04. The van der Waals surface area contributed by atoms with Gasteiger partial charge in [-0.15, -0.1) is 0 Å². The summed E-state index contributed by atoms with van der Waals surface area (Å²) < 4.78 is 0. The fourth-order valence-corrected chi connectivity index (χ4v) is 3.04. The normalized spacial score (nSPS) is 29.6. The largest absolute Gasteiger partial charge is 0.303 e. The maximum Gasteiger partial charge on any atom is 0.120 e. The molecule has 0 bridgehead atoms. The average molecular weight is 236 g/mol. The van der Waals surface area contributed by atoms with Gasteiger partial charge in [-0.1, -0.05) is 39.3 Å². The molecule has 0 amide bonds. The van der Waals surface area contributed by atoms with E-state index in [0.29, 0.717) is 12.3 Å². The van der Waals surface area contributed by atoms with Crippen molar-refractivity contribution in [2.24, 2.45) is 23.7 Å². The Morgan fingerprint density at radius 3 is 2.59 bits per heavy atom. The van der Waals surface area contributed by atoms with E-state index < -0.39 is 0 Å². The van der Waals surface area contributed by atoms with Crippen LogP contribution in [0, 0.1) is 23.7 Å². The second-order valence-corrected chi connectivity index (χ2v) is 6.20. The first kappa shape index (κ1) is 14.5. The second kappa shape index (κ2) is 6.98. The predicted octanol–water partition coefficient (Wildman–Crippen LogP) is 4.62. The molecule has 1 rings (SSSR count). The average Bonchev–Trinajstić information content (AvgIpc) is 2.26. The highest BCUT2D eigenvalue weighted by Crippen LogP contribution is 2.38. The Hall–Kier alpha value is -0.590. The molecule has 0 saturated heterocycles. The molecule has 0 N–H and O–H groups in total. The second-order valence-electron chi connectivity index (χ2n) is 6.20. The Balaban J connectivity index is 2.67. The highest BCUT2D eigenvalue weighted by molar-refractivity contribution is 5.49. The van der Waals surface area contributed by atoms with Gasteiger partial charge >= 0.3 is 0 Å². The third-order valence-electron chi connectivity index (χ3n) is 4.07. The van der Waals surface area contributed by atoms with E-state index in [9.17, 15) is 4.79 Å². The van der Waals surface area contributed by atoms with Gasteiger partial charge in [-0.3, -0.25) is 0 Å². The van der Waals surface area contributed by atoms with Crippen LogP contribution in [0.15, 0.2) is 11.6 Å². The Labute approximate surface area is 107 Å². The highest BCUT2D eigenvalue weighted by atomic mass is 16.1. The molecular weight excluding hydrogens is 208 g/mol. The van der Waals surface area contributed by atoms with E-state index in [1.165, 1.54) is 19.3 Å². The van der Waals surface area contributed by atoms with Crippen molar-refractivity contribution >= 4 is 6.29 Å². The van der Waals surface area contributed by atoms with Gasteiger partial charge in [0.25, 0.3) is 0 Å². The van der Waals surface area contributed by atoms with Crippen LogP contribution in [0.5, 0.6) is 0 Å². The molecule has 0 radical (unpaired) electrons. The lowest BCUT2D eigenvalue weighted by atomic mass is 9.73. The minimum Gasteiger partial charge on any atom is -0.303 e. The molecule has 1 aliphatic carbocycles. The van der Waals surface area contributed by atoms with Crippen molar-refractivity contribution in [2.45, 2.75) is 59.8 Å². The number of carbonyl (C=O) groups is 1. The number of hydrogen-bond acceptors (Lipinski definition) is 1. The molecule has 1 fully saturated rings. The van der Waals surface area contributed by atoms with Gasteiger partial charge in [0, 0.05) is 6.42 Å². The number of allylic oxidation sites excluding steroid dienone is 2. The first-order valence-corrected chi connectivity index (χ1v) is 7.18. The topological polar surface area (TPSA) is 17.1 Å². The molecular formula is C16H28O. The zero-order chi connectivity index (χ0) is 12.8. The van der Waals surface area contributed by atoms with Gasteiger partial charge in [-0.25, -0.2) is 0 Å². The fourth-order valence-electron chi connectivity index (χ4n) is 3.04. The lowest BCUT2D eigenvalue weighted by Crippen LogP contribution is -2.20. The summed E-state index contributed by atoms with van der Waals surface area (Å²) in [4.78, 5) is 10.4. The van der Waals surface area contributed by atoms with E-state index in [0.717, 1.165) is 30.5 Å². The summed E-state index contributed by atoms with van der Waals surface area (Å²) in [7, 11) is 0. The van der Waals surface area contributed by atoms with Crippen LogP contribution in [0.4, 0.5) is 0 Å². The Morgan fingerprint density at radius 2 is 2.00 bits per heavy atom. The Bertz CT molecular complexity index is 265. The molecule has 98 valence electrons. The smallest absolute Gasteiger partial charge is 0.120 e. The summed E-state index contributed by atoms with van der Waals surface area (Å²) in [6.45, 7) is 9.28. The molecule has 0 aromatic heterocycles. The molecule has 0 aromatic rings. The van der Waals surface area contributed by atoms with Crippen LogP contribution < -0.4 is 0 Å². The molecule has 1 saturated carbocycles. The van der Waals surface area contributed by atoms with Gasteiger partial charge in [-0.2, -0.15) is 0 Å². The number of carbonyl (C=O) groups excluding carboxylic acids is 1. The van der Waals surface area contributed by atoms with Crippen LogP contribution in [0.2, 0.25) is 0 Å². The van der Waals surface area contributed by atoms with E-state index in [-0.39, 0.29) is 0 Å². The molecule has 17 heavy (non-hydrogen) atoms. The van der Waals surface area contributed by atoms with E-state index in [2.05, 4.69) is 33.8 Å². The molecule has 0 unspecified atom stereocenters. The highest BCUT2D eigenvalue weighted by Gasteiger charge is 2.25. The lowest BCUT2D eigenvalue weighted by molar-refractivity contribution is -0.108. The molecule has 3 atom stereocenters. The summed E-state index contributed by atoms with van der Waals surface area (Å²) in [6, 6.07) is 0. The third kappa shape index (κ3) is 4.65. The van der Waals surface area contributed by atoms with Gasteiger partial charge in [0.15, 0.2) is 0 Å². The maximum absolute atomic E-state index is 10.4. The van der Waals surface area contributed by atoms with Gasteiger partial charge in [0.2, 0.25) is 0 Å². The Morgan fingerprint density at radius 1 is 1.29 bits per heavy atom. The van der Waals surface area contributed by atoms with Crippen LogP contribution >= 0.6 is 0 Å². The van der Waals surface area contributed by atoms with Crippen molar-refractivity contribution in [3.05, 3.63) is 11.6 Å². The first-order valence-electron chi connectivity index (χ1n) is 7.18. The van der Waals surface area contributed by atoms with Crippen molar-refractivity contribution in [1.29, 1.82) is 0 Å². The number of hydrogen-bond donors (Lipinski definition) is 0. The van der Waals surface area contributed by atoms with Gasteiger partial charge in [-0.05, 0) is 49.4 Å². The van der Waals surface area contributed by atoms with Crippen molar-refractivity contribution in [3.8, 4) is 0 Å².